The predicted molar refractivity (Wildman–Crippen MR) is 139 cm³/mol. The van der Waals surface area contributed by atoms with Gasteiger partial charge >= 0.3 is 12.1 Å². The zero-order valence-corrected chi connectivity index (χ0v) is 21.6. The number of halogens is 4. The zero-order valence-electron chi connectivity index (χ0n) is 21.6. The van der Waals surface area contributed by atoms with Crippen molar-refractivity contribution in [1.29, 1.82) is 0 Å². The molecule has 0 bridgehead atoms. The molecule has 0 radical (unpaired) electrons. The molecule has 0 aliphatic rings. The third-order valence-electron chi connectivity index (χ3n) is 6.42. The van der Waals surface area contributed by atoms with Gasteiger partial charge in [0.05, 0.1) is 23.5 Å². The van der Waals surface area contributed by atoms with Crippen LogP contribution in [0.15, 0.2) is 60.8 Å². The van der Waals surface area contributed by atoms with Crippen LogP contribution in [0.25, 0.3) is 11.3 Å². The Morgan fingerprint density at radius 1 is 1.05 bits per heavy atom. The monoisotopic (exact) mass is 546 g/mol. The van der Waals surface area contributed by atoms with Gasteiger partial charge < -0.3 is 15.2 Å². The summed E-state index contributed by atoms with van der Waals surface area (Å²) in [5, 5.41) is 12.1. The normalized spacial score (nSPS) is 13.0. The molecule has 2 N–H and O–H groups in total. The van der Waals surface area contributed by atoms with E-state index in [1.54, 1.807) is 30.3 Å². The summed E-state index contributed by atoms with van der Waals surface area (Å²) in [4.78, 5) is 27.0. The molecule has 1 heterocycles. The summed E-state index contributed by atoms with van der Waals surface area (Å²) in [6.45, 7) is 4.39. The molecular formula is C29H30F4N2O4. The maximum atomic E-state index is 14.3. The smallest absolute Gasteiger partial charge is 0.416 e. The number of pyridine rings is 1. The second kappa shape index (κ2) is 13.2. The molecule has 6 nitrogen and oxygen atoms in total. The lowest BCUT2D eigenvalue weighted by Crippen LogP contribution is -2.33. The van der Waals surface area contributed by atoms with E-state index in [4.69, 9.17) is 9.84 Å². The minimum absolute atomic E-state index is 0.0440. The van der Waals surface area contributed by atoms with Crippen molar-refractivity contribution in [2.75, 3.05) is 11.9 Å². The molecule has 0 aliphatic carbocycles. The van der Waals surface area contributed by atoms with E-state index in [0.717, 1.165) is 24.2 Å². The van der Waals surface area contributed by atoms with Gasteiger partial charge in [-0.05, 0) is 66.9 Å². The second-order valence-corrected chi connectivity index (χ2v) is 9.27. The summed E-state index contributed by atoms with van der Waals surface area (Å²) >= 11 is 0. The Morgan fingerprint density at radius 2 is 1.77 bits per heavy atom. The molecule has 0 saturated carbocycles. The third kappa shape index (κ3) is 8.53. The van der Waals surface area contributed by atoms with Crippen molar-refractivity contribution in [1.82, 2.24) is 4.98 Å². The van der Waals surface area contributed by atoms with Gasteiger partial charge in [0.25, 0.3) is 0 Å². The van der Waals surface area contributed by atoms with Crippen molar-refractivity contribution in [3.8, 4) is 17.0 Å². The number of hydrogen-bond acceptors (Lipinski definition) is 5. The molecule has 1 aromatic heterocycles. The van der Waals surface area contributed by atoms with Gasteiger partial charge in [-0.2, -0.15) is 13.2 Å². The lowest BCUT2D eigenvalue weighted by atomic mass is 9.99. The molecule has 39 heavy (non-hydrogen) atoms. The Balaban J connectivity index is 1.61. The van der Waals surface area contributed by atoms with E-state index in [-0.39, 0.29) is 54.9 Å². The number of Topliss-reactive ketones (excluding diaryl/α,β-unsaturated/α-hetero) is 1. The first kappa shape index (κ1) is 29.6. The van der Waals surface area contributed by atoms with E-state index < -0.39 is 23.5 Å². The first-order valence-corrected chi connectivity index (χ1v) is 12.6. The van der Waals surface area contributed by atoms with E-state index in [1.807, 2.05) is 6.92 Å². The van der Waals surface area contributed by atoms with Gasteiger partial charge in [0.1, 0.15) is 18.2 Å². The minimum atomic E-state index is -4.63. The summed E-state index contributed by atoms with van der Waals surface area (Å²) in [6.07, 6.45) is -1.96. The molecule has 0 aliphatic heterocycles. The second-order valence-electron chi connectivity index (χ2n) is 9.27. The van der Waals surface area contributed by atoms with E-state index >= 15 is 0 Å². The Hall–Kier alpha value is -3.95. The van der Waals surface area contributed by atoms with Gasteiger partial charge in [0.15, 0.2) is 5.78 Å². The van der Waals surface area contributed by atoms with E-state index in [0.29, 0.717) is 17.4 Å². The molecule has 10 heteroatoms. The topological polar surface area (TPSA) is 88.5 Å². The fraction of sp³-hybridized carbons (Fsp3) is 0.345. The van der Waals surface area contributed by atoms with E-state index in [9.17, 15) is 27.2 Å². The number of alkyl halides is 3. The molecule has 0 spiro atoms. The van der Waals surface area contributed by atoms with Gasteiger partial charge in [0.2, 0.25) is 0 Å². The molecule has 0 fully saturated rings. The van der Waals surface area contributed by atoms with Gasteiger partial charge in [0, 0.05) is 29.7 Å². The number of carbonyl (C=O) groups is 2. The zero-order chi connectivity index (χ0) is 28.6. The molecule has 208 valence electrons. The summed E-state index contributed by atoms with van der Waals surface area (Å²) in [6, 6.07) is 12.3. The largest absolute Gasteiger partial charge is 0.490 e. The molecule has 0 amide bonds. The van der Waals surface area contributed by atoms with Gasteiger partial charge in [-0.15, -0.1) is 0 Å². The molecule has 0 unspecified atom stereocenters. The number of ether oxygens (including phenoxy) is 1. The number of benzene rings is 2. The number of aliphatic carboxylic acids is 1. The van der Waals surface area contributed by atoms with E-state index in [1.165, 1.54) is 12.3 Å². The average Bonchev–Trinajstić information content (AvgIpc) is 2.90. The molecule has 3 aromatic rings. The van der Waals surface area contributed by atoms with Crippen LogP contribution in [0.3, 0.4) is 0 Å². The Morgan fingerprint density at radius 3 is 2.33 bits per heavy atom. The van der Waals surface area contributed by atoms with Crippen LogP contribution in [0.1, 0.15) is 55.5 Å². The minimum Gasteiger partial charge on any atom is -0.490 e. The quantitative estimate of drug-likeness (QED) is 0.173. The molecule has 0 saturated heterocycles. The maximum Gasteiger partial charge on any atom is 0.416 e. The van der Waals surface area contributed by atoms with Crippen molar-refractivity contribution in [2.45, 2.75) is 51.7 Å². The van der Waals surface area contributed by atoms with Crippen molar-refractivity contribution in [2.24, 2.45) is 5.92 Å². The molecule has 2 aromatic carbocycles. The van der Waals surface area contributed by atoms with Crippen LogP contribution in [-0.2, 0) is 11.0 Å². The first-order valence-electron chi connectivity index (χ1n) is 12.6. The highest BCUT2D eigenvalue weighted by molar-refractivity contribution is 5.96. The van der Waals surface area contributed by atoms with Gasteiger partial charge in [-0.3, -0.25) is 14.6 Å². The number of nitrogens with zero attached hydrogens (tertiary/aromatic N) is 1. The SMILES string of the molecule is CC[C@H](C)[C@@H](COc1ccc(-c2ccc(C(F)(F)F)cc2F)nc1)Nc1ccc(C(=O)CCCC(=O)O)cc1. The summed E-state index contributed by atoms with van der Waals surface area (Å²) < 4.78 is 58.6. The first-order chi connectivity index (χ1) is 18.5. The lowest BCUT2D eigenvalue weighted by molar-refractivity contribution is -0.138. The van der Waals surface area contributed by atoms with Crippen molar-refractivity contribution in [3.63, 3.8) is 0 Å². The Bertz CT molecular complexity index is 1260. The Kier molecular flexibility index (Phi) is 10.0. The van der Waals surface area contributed by atoms with E-state index in [2.05, 4.69) is 17.2 Å². The summed E-state index contributed by atoms with van der Waals surface area (Å²) in [5.74, 6) is -1.42. The maximum absolute atomic E-state index is 14.3. The summed E-state index contributed by atoms with van der Waals surface area (Å²) in [7, 11) is 0. The number of hydrogen-bond donors (Lipinski definition) is 2. The Labute approximate surface area is 224 Å². The molecule has 3 rings (SSSR count). The van der Waals surface area contributed by atoms with Crippen LogP contribution >= 0.6 is 0 Å². The fourth-order valence-electron chi connectivity index (χ4n) is 3.85. The van der Waals surface area contributed by atoms with Crippen LogP contribution < -0.4 is 10.1 Å². The van der Waals surface area contributed by atoms with Crippen molar-refractivity contribution >= 4 is 17.4 Å². The van der Waals surface area contributed by atoms with Crippen LogP contribution in [-0.4, -0.2) is 34.5 Å². The van der Waals surface area contributed by atoms with Crippen molar-refractivity contribution < 1.29 is 37.0 Å². The highest BCUT2D eigenvalue weighted by Crippen LogP contribution is 2.32. The average molecular weight is 547 g/mol. The number of aromatic nitrogens is 1. The number of carboxylic acids is 1. The van der Waals surface area contributed by atoms with Crippen LogP contribution in [0, 0.1) is 11.7 Å². The number of carboxylic acid groups (broad SMARTS) is 1. The number of carbonyl (C=O) groups excluding carboxylic acids is 1. The van der Waals surface area contributed by atoms with Crippen LogP contribution in [0.5, 0.6) is 5.75 Å². The fourth-order valence-corrected chi connectivity index (χ4v) is 3.85. The van der Waals surface area contributed by atoms with Crippen LogP contribution in [0.2, 0.25) is 0 Å². The lowest BCUT2D eigenvalue weighted by Gasteiger charge is -2.25. The predicted octanol–water partition coefficient (Wildman–Crippen LogP) is 7.25. The molecule has 2 atom stereocenters. The number of rotatable bonds is 13. The highest BCUT2D eigenvalue weighted by atomic mass is 19.4. The molecular weight excluding hydrogens is 516 g/mol. The third-order valence-corrected chi connectivity index (χ3v) is 6.42. The standard InChI is InChI=1S/C29H30F4N2O4/c1-3-18(2)26(35-21-10-7-19(8-11-21)27(36)5-4-6-28(37)38)17-39-22-12-14-25(34-16-22)23-13-9-20(15-24(23)30)29(31,32)33/h7-16,18,26,35H,3-6,17H2,1-2H3,(H,37,38)/t18-,26+/m0/s1. The number of ketones is 1. The summed E-state index contributed by atoms with van der Waals surface area (Å²) in [5.41, 5.74) is 0.375. The van der Waals surface area contributed by atoms with Gasteiger partial charge in [-0.1, -0.05) is 20.3 Å². The van der Waals surface area contributed by atoms with Crippen molar-refractivity contribution in [3.05, 3.63) is 77.7 Å². The number of anilines is 1. The highest BCUT2D eigenvalue weighted by Gasteiger charge is 2.31. The van der Waals surface area contributed by atoms with Crippen LogP contribution in [0.4, 0.5) is 23.2 Å². The van der Waals surface area contributed by atoms with Gasteiger partial charge in [-0.25, -0.2) is 4.39 Å². The number of nitrogens with one attached hydrogen (secondary N) is 1.